The third kappa shape index (κ3) is 2.93. The summed E-state index contributed by atoms with van der Waals surface area (Å²) in [6.07, 6.45) is 2.62. The van der Waals surface area contributed by atoms with Gasteiger partial charge in [0, 0.05) is 25.2 Å². The Balaban J connectivity index is 2.38. The van der Waals surface area contributed by atoms with E-state index in [4.69, 9.17) is 11.6 Å². The van der Waals surface area contributed by atoms with Crippen LogP contribution >= 0.6 is 11.6 Å². The molecule has 0 aliphatic heterocycles. The second-order valence-corrected chi connectivity index (χ2v) is 5.57. The van der Waals surface area contributed by atoms with E-state index in [1.165, 1.54) is 0 Å². The van der Waals surface area contributed by atoms with Crippen molar-refractivity contribution in [2.24, 2.45) is 5.92 Å². The Bertz CT molecular complexity index is 627. The van der Waals surface area contributed by atoms with Crippen LogP contribution in [0.4, 0.5) is 0 Å². The number of nitrogens with zero attached hydrogens (tertiary/aromatic N) is 2. The lowest BCUT2D eigenvalue weighted by Crippen LogP contribution is -2.31. The molecule has 2 aromatic rings. The molecule has 3 nitrogen and oxygen atoms in total. The number of hydrogen-bond donors (Lipinski definition) is 0. The second-order valence-electron chi connectivity index (χ2n) is 5.21. The van der Waals surface area contributed by atoms with Crippen LogP contribution in [0, 0.1) is 5.92 Å². The van der Waals surface area contributed by atoms with Crippen LogP contribution in [-0.4, -0.2) is 29.4 Å². The maximum Gasteiger partial charge on any atom is 0.255 e. The molecule has 0 N–H and O–H groups in total. The van der Waals surface area contributed by atoms with Crippen molar-refractivity contribution in [1.82, 2.24) is 9.88 Å². The SMILES string of the molecule is CCC(C)CN(C)C(=O)c1cnc(Cl)c2ccccc12. The van der Waals surface area contributed by atoms with Gasteiger partial charge in [0.05, 0.1) is 5.56 Å². The summed E-state index contributed by atoms with van der Waals surface area (Å²) >= 11 is 6.08. The Kier molecular flexibility index (Phi) is 4.61. The van der Waals surface area contributed by atoms with Gasteiger partial charge >= 0.3 is 0 Å². The summed E-state index contributed by atoms with van der Waals surface area (Å²) in [5.74, 6) is 0.473. The molecule has 106 valence electrons. The topological polar surface area (TPSA) is 33.2 Å². The fraction of sp³-hybridized carbons (Fsp3) is 0.375. The molecule has 0 fully saturated rings. The molecule has 1 aromatic heterocycles. The minimum absolute atomic E-state index is 0.00864. The van der Waals surface area contributed by atoms with Gasteiger partial charge in [-0.05, 0) is 11.3 Å². The second kappa shape index (κ2) is 6.23. The summed E-state index contributed by atoms with van der Waals surface area (Å²) in [4.78, 5) is 18.4. The van der Waals surface area contributed by atoms with Gasteiger partial charge in [-0.1, -0.05) is 56.1 Å². The van der Waals surface area contributed by atoms with Gasteiger partial charge < -0.3 is 4.90 Å². The fourth-order valence-corrected chi connectivity index (χ4v) is 2.43. The zero-order valence-electron chi connectivity index (χ0n) is 12.1. The summed E-state index contributed by atoms with van der Waals surface area (Å²) in [6.45, 7) is 5.01. The molecule has 1 atom stereocenters. The number of carbonyl (C=O) groups excluding carboxylic acids is 1. The molecule has 0 aliphatic rings. The fourth-order valence-electron chi connectivity index (χ4n) is 2.21. The molecule has 2 rings (SSSR count). The van der Waals surface area contributed by atoms with E-state index < -0.39 is 0 Å². The molecule has 0 spiro atoms. The van der Waals surface area contributed by atoms with E-state index >= 15 is 0 Å². The van der Waals surface area contributed by atoms with Gasteiger partial charge in [-0.2, -0.15) is 0 Å². The van der Waals surface area contributed by atoms with Crippen LogP contribution in [0.2, 0.25) is 5.15 Å². The van der Waals surface area contributed by atoms with Crippen molar-refractivity contribution in [3.8, 4) is 0 Å². The lowest BCUT2D eigenvalue weighted by atomic mass is 10.1. The highest BCUT2D eigenvalue weighted by molar-refractivity contribution is 6.34. The zero-order chi connectivity index (χ0) is 14.7. The smallest absolute Gasteiger partial charge is 0.255 e. The number of fused-ring (bicyclic) bond motifs is 1. The Hall–Kier alpha value is -1.61. The van der Waals surface area contributed by atoms with E-state index in [9.17, 15) is 4.79 Å². The molecule has 4 heteroatoms. The average molecular weight is 291 g/mol. The predicted molar refractivity (Wildman–Crippen MR) is 83.2 cm³/mol. The largest absolute Gasteiger partial charge is 0.341 e. The number of hydrogen-bond acceptors (Lipinski definition) is 2. The Morgan fingerprint density at radius 3 is 2.65 bits per heavy atom. The van der Waals surface area contributed by atoms with E-state index in [1.54, 1.807) is 11.1 Å². The predicted octanol–water partition coefficient (Wildman–Crippen LogP) is 4.01. The Morgan fingerprint density at radius 2 is 2.00 bits per heavy atom. The first-order chi connectivity index (χ1) is 9.54. The van der Waals surface area contributed by atoms with Gasteiger partial charge in [0.1, 0.15) is 5.15 Å². The first kappa shape index (κ1) is 14.8. The molecular formula is C16H19ClN2O. The molecule has 0 radical (unpaired) electrons. The minimum Gasteiger partial charge on any atom is -0.341 e. The highest BCUT2D eigenvalue weighted by Crippen LogP contribution is 2.25. The van der Waals surface area contributed by atoms with Crippen LogP contribution in [-0.2, 0) is 0 Å². The van der Waals surface area contributed by atoms with Crippen LogP contribution in [0.1, 0.15) is 30.6 Å². The van der Waals surface area contributed by atoms with E-state index in [-0.39, 0.29) is 5.91 Å². The molecule has 1 heterocycles. The summed E-state index contributed by atoms with van der Waals surface area (Å²) in [6, 6.07) is 7.60. The molecule has 0 aliphatic carbocycles. The maximum atomic E-state index is 12.6. The molecule has 1 unspecified atom stereocenters. The van der Waals surface area contributed by atoms with Gasteiger partial charge in [0.25, 0.3) is 5.91 Å². The maximum absolute atomic E-state index is 12.6. The van der Waals surface area contributed by atoms with Crippen molar-refractivity contribution in [2.45, 2.75) is 20.3 Å². The van der Waals surface area contributed by atoms with E-state index in [2.05, 4.69) is 18.8 Å². The molecule has 1 amide bonds. The number of benzene rings is 1. The summed E-state index contributed by atoms with van der Waals surface area (Å²) in [5.41, 5.74) is 0.607. The monoisotopic (exact) mass is 290 g/mol. The normalized spacial score (nSPS) is 12.4. The van der Waals surface area contributed by atoms with Crippen LogP contribution < -0.4 is 0 Å². The number of aromatic nitrogens is 1. The van der Waals surface area contributed by atoms with Crippen molar-refractivity contribution >= 4 is 28.3 Å². The van der Waals surface area contributed by atoms with Gasteiger partial charge in [0.15, 0.2) is 0 Å². The van der Waals surface area contributed by atoms with Crippen molar-refractivity contribution in [2.75, 3.05) is 13.6 Å². The highest BCUT2D eigenvalue weighted by Gasteiger charge is 2.17. The number of carbonyl (C=O) groups is 1. The van der Waals surface area contributed by atoms with Crippen molar-refractivity contribution < 1.29 is 4.79 Å². The lowest BCUT2D eigenvalue weighted by molar-refractivity contribution is 0.0776. The molecular weight excluding hydrogens is 272 g/mol. The van der Waals surface area contributed by atoms with Crippen molar-refractivity contribution in [3.05, 3.63) is 41.2 Å². The van der Waals surface area contributed by atoms with Crippen LogP contribution in [0.25, 0.3) is 10.8 Å². The molecule has 0 bridgehead atoms. The van der Waals surface area contributed by atoms with E-state index in [0.717, 1.165) is 23.7 Å². The summed E-state index contributed by atoms with van der Waals surface area (Å²) in [5, 5.41) is 2.10. The third-order valence-corrected chi connectivity index (χ3v) is 3.91. The molecule has 20 heavy (non-hydrogen) atoms. The number of amides is 1. The quantitative estimate of drug-likeness (QED) is 0.797. The third-order valence-electron chi connectivity index (χ3n) is 3.61. The summed E-state index contributed by atoms with van der Waals surface area (Å²) in [7, 11) is 1.83. The number of rotatable bonds is 4. The summed E-state index contributed by atoms with van der Waals surface area (Å²) < 4.78 is 0. The average Bonchev–Trinajstić information content (AvgIpc) is 2.47. The van der Waals surface area contributed by atoms with Crippen LogP contribution in [0.3, 0.4) is 0 Å². The minimum atomic E-state index is -0.00864. The van der Waals surface area contributed by atoms with Crippen molar-refractivity contribution in [1.29, 1.82) is 0 Å². The lowest BCUT2D eigenvalue weighted by Gasteiger charge is -2.21. The number of halogens is 1. The first-order valence-electron chi connectivity index (χ1n) is 6.83. The number of pyridine rings is 1. The van der Waals surface area contributed by atoms with Gasteiger partial charge in [-0.3, -0.25) is 4.79 Å². The van der Waals surface area contributed by atoms with Gasteiger partial charge in [0.2, 0.25) is 0 Å². The Morgan fingerprint density at radius 1 is 1.35 bits per heavy atom. The van der Waals surface area contributed by atoms with Crippen molar-refractivity contribution in [3.63, 3.8) is 0 Å². The standard InChI is InChI=1S/C16H19ClN2O/c1-4-11(2)10-19(3)16(20)14-9-18-15(17)13-8-6-5-7-12(13)14/h5-9,11H,4,10H2,1-3H3. The molecule has 1 aromatic carbocycles. The van der Waals surface area contributed by atoms with Gasteiger partial charge in [-0.25, -0.2) is 4.98 Å². The van der Waals surface area contributed by atoms with Gasteiger partial charge in [-0.15, -0.1) is 0 Å². The first-order valence-corrected chi connectivity index (χ1v) is 7.21. The Labute approximate surface area is 124 Å². The zero-order valence-corrected chi connectivity index (χ0v) is 12.8. The van der Waals surface area contributed by atoms with E-state index in [1.807, 2.05) is 31.3 Å². The van der Waals surface area contributed by atoms with Crippen LogP contribution in [0.5, 0.6) is 0 Å². The molecule has 0 saturated heterocycles. The van der Waals surface area contributed by atoms with Crippen LogP contribution in [0.15, 0.2) is 30.5 Å². The highest BCUT2D eigenvalue weighted by atomic mass is 35.5. The molecule has 0 saturated carbocycles. The van der Waals surface area contributed by atoms with E-state index in [0.29, 0.717) is 16.6 Å².